The van der Waals surface area contributed by atoms with Crippen LogP contribution in [0.1, 0.15) is 38.2 Å². The van der Waals surface area contributed by atoms with E-state index in [2.05, 4.69) is 51.5 Å². The SMILES string of the molecule is CCC1CCCCN1C(=O)CSc1nnc2cc(C)c3ccccc3n12. The predicted molar refractivity (Wildman–Crippen MR) is 106 cm³/mol. The molecular formula is C20H24N4OS. The molecule has 5 nitrogen and oxygen atoms in total. The molecule has 3 heterocycles. The Morgan fingerprint density at radius 3 is 2.96 bits per heavy atom. The standard InChI is InChI=1S/C20H24N4OS/c1-3-15-8-6-7-11-23(15)19(25)13-26-20-22-21-18-12-14(2)16-9-4-5-10-17(16)24(18)20/h4-5,9-10,12,15H,3,6-8,11,13H2,1-2H3. The van der Waals surface area contributed by atoms with E-state index >= 15 is 0 Å². The fraction of sp³-hybridized carbons (Fsp3) is 0.450. The van der Waals surface area contributed by atoms with E-state index in [4.69, 9.17) is 0 Å². The number of para-hydroxylation sites is 1. The van der Waals surface area contributed by atoms with Crippen molar-refractivity contribution in [3.05, 3.63) is 35.9 Å². The van der Waals surface area contributed by atoms with Crippen LogP contribution < -0.4 is 0 Å². The lowest BCUT2D eigenvalue weighted by atomic mass is 10.0. The van der Waals surface area contributed by atoms with E-state index in [0.717, 1.165) is 42.1 Å². The molecule has 3 aromatic rings. The Morgan fingerprint density at radius 1 is 1.27 bits per heavy atom. The summed E-state index contributed by atoms with van der Waals surface area (Å²) in [6, 6.07) is 10.7. The molecule has 2 aromatic heterocycles. The molecule has 0 radical (unpaired) electrons. The minimum Gasteiger partial charge on any atom is -0.339 e. The van der Waals surface area contributed by atoms with E-state index in [9.17, 15) is 4.79 Å². The van der Waals surface area contributed by atoms with Crippen molar-refractivity contribution in [1.29, 1.82) is 0 Å². The molecule has 0 saturated carbocycles. The van der Waals surface area contributed by atoms with Gasteiger partial charge in [0.1, 0.15) is 0 Å². The van der Waals surface area contributed by atoms with Crippen LogP contribution in [0, 0.1) is 6.92 Å². The van der Waals surface area contributed by atoms with Crippen LogP contribution in [0.5, 0.6) is 0 Å². The van der Waals surface area contributed by atoms with E-state index in [1.165, 1.54) is 29.1 Å². The highest BCUT2D eigenvalue weighted by atomic mass is 32.2. The summed E-state index contributed by atoms with van der Waals surface area (Å²) in [5.41, 5.74) is 3.11. The molecule has 0 aliphatic carbocycles. The van der Waals surface area contributed by atoms with Crippen LogP contribution in [0.3, 0.4) is 0 Å². The molecule has 1 saturated heterocycles. The highest BCUT2D eigenvalue weighted by molar-refractivity contribution is 7.99. The fourth-order valence-corrected chi connectivity index (χ4v) is 4.77. The zero-order valence-corrected chi connectivity index (χ0v) is 16.1. The third-order valence-electron chi connectivity index (χ3n) is 5.32. The van der Waals surface area contributed by atoms with Crippen LogP contribution in [-0.2, 0) is 4.79 Å². The lowest BCUT2D eigenvalue weighted by Gasteiger charge is -2.35. The highest BCUT2D eigenvalue weighted by Gasteiger charge is 2.25. The Balaban J connectivity index is 1.60. The molecule has 136 valence electrons. The van der Waals surface area contributed by atoms with Crippen LogP contribution >= 0.6 is 11.8 Å². The Hall–Kier alpha value is -2.08. The number of amides is 1. The molecule has 4 rings (SSSR count). The van der Waals surface area contributed by atoms with E-state index in [-0.39, 0.29) is 5.91 Å². The van der Waals surface area contributed by atoms with Gasteiger partial charge in [0.05, 0.1) is 11.3 Å². The van der Waals surface area contributed by atoms with Gasteiger partial charge >= 0.3 is 0 Å². The summed E-state index contributed by atoms with van der Waals surface area (Å²) in [5.74, 6) is 0.633. The monoisotopic (exact) mass is 368 g/mol. The van der Waals surface area contributed by atoms with Gasteiger partial charge < -0.3 is 4.90 Å². The van der Waals surface area contributed by atoms with Gasteiger partial charge in [-0.2, -0.15) is 0 Å². The van der Waals surface area contributed by atoms with E-state index in [0.29, 0.717) is 11.8 Å². The van der Waals surface area contributed by atoms with Crippen molar-refractivity contribution in [3.8, 4) is 0 Å². The first-order chi connectivity index (χ1) is 12.7. The number of rotatable bonds is 4. The number of piperidine rings is 1. The molecule has 1 amide bonds. The second kappa shape index (κ2) is 7.27. The normalized spacial score (nSPS) is 17.9. The van der Waals surface area contributed by atoms with Gasteiger partial charge in [-0.25, -0.2) is 0 Å². The van der Waals surface area contributed by atoms with E-state index in [1.54, 1.807) is 0 Å². The number of benzene rings is 1. The van der Waals surface area contributed by atoms with Gasteiger partial charge in [0.2, 0.25) is 5.91 Å². The summed E-state index contributed by atoms with van der Waals surface area (Å²) >= 11 is 1.49. The minimum absolute atomic E-state index is 0.217. The molecule has 1 atom stereocenters. The zero-order valence-electron chi connectivity index (χ0n) is 15.3. The number of thioether (sulfide) groups is 1. The van der Waals surface area contributed by atoms with Gasteiger partial charge in [-0.3, -0.25) is 9.20 Å². The average molecular weight is 369 g/mol. The zero-order chi connectivity index (χ0) is 18.1. The van der Waals surface area contributed by atoms with Crippen molar-refractivity contribution >= 4 is 34.2 Å². The highest BCUT2D eigenvalue weighted by Crippen LogP contribution is 2.27. The predicted octanol–water partition coefficient (Wildman–Crippen LogP) is 4.07. The van der Waals surface area contributed by atoms with Crippen LogP contribution in [0.15, 0.2) is 35.5 Å². The third kappa shape index (κ3) is 3.07. The first kappa shape index (κ1) is 17.3. The molecule has 0 N–H and O–H groups in total. The molecule has 26 heavy (non-hydrogen) atoms. The minimum atomic E-state index is 0.217. The fourth-order valence-electron chi connectivity index (χ4n) is 3.93. The second-order valence-corrected chi connectivity index (χ2v) is 7.90. The maximum absolute atomic E-state index is 12.8. The Labute approximate surface area is 157 Å². The number of carbonyl (C=O) groups excluding carboxylic acids is 1. The number of likely N-dealkylation sites (tertiary alicyclic amines) is 1. The molecule has 1 fully saturated rings. The molecule has 1 unspecified atom stereocenters. The first-order valence-corrected chi connectivity index (χ1v) is 10.3. The van der Waals surface area contributed by atoms with Crippen molar-refractivity contribution in [2.75, 3.05) is 12.3 Å². The van der Waals surface area contributed by atoms with Gasteiger partial charge in [-0.05, 0) is 50.3 Å². The molecular weight excluding hydrogens is 344 g/mol. The van der Waals surface area contributed by atoms with Gasteiger partial charge in [0.25, 0.3) is 0 Å². The summed E-state index contributed by atoms with van der Waals surface area (Å²) in [7, 11) is 0. The number of aromatic nitrogens is 3. The third-order valence-corrected chi connectivity index (χ3v) is 6.23. The van der Waals surface area contributed by atoms with Crippen molar-refractivity contribution < 1.29 is 4.79 Å². The molecule has 1 aromatic carbocycles. The number of hydrogen-bond donors (Lipinski definition) is 0. The lowest BCUT2D eigenvalue weighted by Crippen LogP contribution is -2.44. The molecule has 0 bridgehead atoms. The topological polar surface area (TPSA) is 50.5 Å². The Bertz CT molecular complexity index is 952. The van der Waals surface area contributed by atoms with E-state index < -0.39 is 0 Å². The van der Waals surface area contributed by atoms with Gasteiger partial charge in [-0.15, -0.1) is 10.2 Å². The summed E-state index contributed by atoms with van der Waals surface area (Å²) in [6.07, 6.45) is 4.51. The largest absolute Gasteiger partial charge is 0.339 e. The summed E-state index contributed by atoms with van der Waals surface area (Å²) in [5, 5.41) is 10.6. The van der Waals surface area contributed by atoms with Crippen molar-refractivity contribution in [3.63, 3.8) is 0 Å². The van der Waals surface area contributed by atoms with Crippen LogP contribution in [0.25, 0.3) is 16.6 Å². The molecule has 6 heteroatoms. The first-order valence-electron chi connectivity index (χ1n) is 9.34. The van der Waals surface area contributed by atoms with Crippen LogP contribution in [-0.4, -0.2) is 43.7 Å². The lowest BCUT2D eigenvalue weighted by molar-refractivity contribution is -0.132. The number of hydrogen-bond acceptors (Lipinski definition) is 4. The maximum Gasteiger partial charge on any atom is 0.233 e. The number of carbonyl (C=O) groups is 1. The molecule has 0 spiro atoms. The molecule has 1 aliphatic rings. The second-order valence-electron chi connectivity index (χ2n) is 6.95. The number of aryl methyl sites for hydroxylation is 1. The smallest absolute Gasteiger partial charge is 0.233 e. The number of nitrogens with zero attached hydrogens (tertiary/aromatic N) is 4. The van der Waals surface area contributed by atoms with Gasteiger partial charge in [0, 0.05) is 18.0 Å². The molecule has 1 aliphatic heterocycles. The number of fused-ring (bicyclic) bond motifs is 3. The number of pyridine rings is 1. The summed E-state index contributed by atoms with van der Waals surface area (Å²) in [6.45, 7) is 5.15. The Kier molecular flexibility index (Phi) is 4.85. The van der Waals surface area contributed by atoms with Crippen LogP contribution in [0.2, 0.25) is 0 Å². The quantitative estimate of drug-likeness (QED) is 0.651. The van der Waals surface area contributed by atoms with Crippen LogP contribution in [0.4, 0.5) is 0 Å². The van der Waals surface area contributed by atoms with E-state index in [1.807, 2.05) is 12.1 Å². The maximum atomic E-state index is 12.8. The Morgan fingerprint density at radius 2 is 2.12 bits per heavy atom. The van der Waals surface area contributed by atoms with Crippen molar-refractivity contribution in [2.45, 2.75) is 50.7 Å². The average Bonchev–Trinajstić information content (AvgIpc) is 3.09. The summed E-state index contributed by atoms with van der Waals surface area (Å²) in [4.78, 5) is 14.8. The van der Waals surface area contributed by atoms with Crippen molar-refractivity contribution in [1.82, 2.24) is 19.5 Å². The van der Waals surface area contributed by atoms with Crippen molar-refractivity contribution in [2.24, 2.45) is 0 Å². The van der Waals surface area contributed by atoms with Gasteiger partial charge in [-0.1, -0.05) is 36.9 Å². The van der Waals surface area contributed by atoms with Gasteiger partial charge in [0.15, 0.2) is 10.8 Å². The summed E-state index contributed by atoms with van der Waals surface area (Å²) < 4.78 is 2.06.